The van der Waals surface area contributed by atoms with Gasteiger partial charge >= 0.3 is 0 Å². The Bertz CT molecular complexity index is 915. The van der Waals surface area contributed by atoms with Crippen LogP contribution in [-0.4, -0.2) is 24.8 Å². The van der Waals surface area contributed by atoms with E-state index < -0.39 is 15.4 Å². The lowest BCUT2D eigenvalue weighted by molar-refractivity contribution is 0.295. The van der Waals surface area contributed by atoms with Crippen molar-refractivity contribution in [3.05, 3.63) is 58.1 Å². The lowest BCUT2D eigenvalue weighted by Crippen LogP contribution is -2.50. The molecular weight excluding hydrogens is 426 g/mol. The summed E-state index contributed by atoms with van der Waals surface area (Å²) in [7, 11) is -3.55. The van der Waals surface area contributed by atoms with Gasteiger partial charge in [0.05, 0.1) is 21.2 Å². The fraction of sp³-hybridized carbons (Fsp3) is 0.429. The van der Waals surface area contributed by atoms with Gasteiger partial charge in [-0.1, -0.05) is 57.0 Å². The van der Waals surface area contributed by atoms with Crippen molar-refractivity contribution in [3.8, 4) is 5.75 Å². The third-order valence-electron chi connectivity index (χ3n) is 5.46. The van der Waals surface area contributed by atoms with Crippen molar-refractivity contribution < 1.29 is 13.5 Å². The molecule has 0 bridgehead atoms. The fourth-order valence-electron chi connectivity index (χ4n) is 3.87. The van der Waals surface area contributed by atoms with Gasteiger partial charge in [0.15, 0.2) is 9.84 Å². The number of halogens is 1. The Balaban J connectivity index is 2.24. The van der Waals surface area contributed by atoms with E-state index in [1.165, 1.54) is 6.07 Å². The number of fused-ring (bicyclic) bond motifs is 1. The van der Waals surface area contributed by atoms with Crippen LogP contribution < -0.4 is 5.32 Å². The first-order chi connectivity index (χ1) is 12.8. The highest BCUT2D eigenvalue weighted by molar-refractivity contribution is 9.10. The number of benzene rings is 2. The molecule has 1 aliphatic heterocycles. The number of hydrogen-bond donors (Lipinski definition) is 2. The molecule has 0 saturated carbocycles. The predicted molar refractivity (Wildman–Crippen MR) is 112 cm³/mol. The highest BCUT2D eigenvalue weighted by Gasteiger charge is 2.42. The van der Waals surface area contributed by atoms with Crippen molar-refractivity contribution in [1.82, 2.24) is 5.32 Å². The molecule has 0 radical (unpaired) electrons. The average Bonchev–Trinajstić information content (AvgIpc) is 2.75. The molecule has 2 N–H and O–H groups in total. The van der Waals surface area contributed by atoms with Crippen LogP contribution in [0.2, 0.25) is 0 Å². The van der Waals surface area contributed by atoms with E-state index in [1.807, 2.05) is 37.3 Å². The maximum atomic E-state index is 13.3. The molecule has 6 heteroatoms. The van der Waals surface area contributed by atoms with Crippen molar-refractivity contribution in [2.24, 2.45) is 0 Å². The number of nitrogens with one attached hydrogen (secondary N) is 1. The zero-order valence-corrected chi connectivity index (χ0v) is 18.1. The summed E-state index contributed by atoms with van der Waals surface area (Å²) in [4.78, 5) is 0.219. The smallest absolute Gasteiger partial charge is 0.180 e. The number of sulfone groups is 1. The van der Waals surface area contributed by atoms with Crippen LogP contribution in [0.3, 0.4) is 0 Å². The Morgan fingerprint density at radius 2 is 1.93 bits per heavy atom. The molecule has 0 amide bonds. The molecule has 1 aliphatic rings. The Morgan fingerprint density at radius 3 is 2.56 bits per heavy atom. The molecule has 4 nitrogen and oxygen atoms in total. The van der Waals surface area contributed by atoms with Crippen molar-refractivity contribution in [3.63, 3.8) is 0 Å². The molecular formula is C21H26BrNO3S. The van der Waals surface area contributed by atoms with Gasteiger partial charge in [0.25, 0.3) is 0 Å². The Kier molecular flexibility index (Phi) is 5.99. The van der Waals surface area contributed by atoms with Gasteiger partial charge in [-0.05, 0) is 46.0 Å². The zero-order valence-electron chi connectivity index (χ0n) is 15.7. The van der Waals surface area contributed by atoms with Crippen LogP contribution in [0.15, 0.2) is 51.8 Å². The number of unbranched alkanes of at least 4 members (excludes halogenated alkanes) is 1. The average molecular weight is 452 g/mol. The minimum atomic E-state index is -3.55. The van der Waals surface area contributed by atoms with Crippen molar-refractivity contribution >= 4 is 25.8 Å². The lowest BCUT2D eigenvalue weighted by atomic mass is 9.88. The van der Waals surface area contributed by atoms with Gasteiger partial charge in [0, 0.05) is 11.6 Å². The van der Waals surface area contributed by atoms with Crippen LogP contribution in [0.4, 0.5) is 0 Å². The summed E-state index contributed by atoms with van der Waals surface area (Å²) >= 11 is 3.35. The third kappa shape index (κ3) is 4.08. The number of phenolic OH excluding ortho intramolecular Hbond substituents is 1. The standard InChI is InChI=1S/C21H26BrNO3S/c1-3-5-11-21(4-2)14-27(25,26)19-13-18(24)17(22)12-16(19)20(23-21)15-9-7-6-8-10-15/h6-10,12-13,20,23-24H,3-5,11,14H2,1-2H3. The van der Waals surface area contributed by atoms with E-state index in [0.717, 1.165) is 31.2 Å². The molecule has 2 aromatic carbocycles. The van der Waals surface area contributed by atoms with E-state index in [0.29, 0.717) is 10.0 Å². The third-order valence-corrected chi connectivity index (χ3v) is 8.05. The van der Waals surface area contributed by atoms with Gasteiger partial charge in [0.2, 0.25) is 0 Å². The molecule has 3 rings (SSSR count). The summed E-state index contributed by atoms with van der Waals surface area (Å²) < 4.78 is 27.1. The minimum absolute atomic E-state index is 0.0356. The molecule has 27 heavy (non-hydrogen) atoms. The van der Waals surface area contributed by atoms with E-state index in [2.05, 4.69) is 28.2 Å². The molecule has 146 valence electrons. The summed E-state index contributed by atoms with van der Waals surface area (Å²) in [6.45, 7) is 4.16. The number of phenols is 1. The van der Waals surface area contributed by atoms with E-state index in [4.69, 9.17) is 0 Å². The molecule has 0 aliphatic carbocycles. The van der Waals surface area contributed by atoms with Crippen LogP contribution in [0.5, 0.6) is 5.75 Å². The summed E-state index contributed by atoms with van der Waals surface area (Å²) in [5.41, 5.74) is 1.19. The molecule has 1 heterocycles. The zero-order chi connectivity index (χ0) is 19.7. The number of aromatic hydroxyl groups is 1. The topological polar surface area (TPSA) is 66.4 Å². The molecule has 2 unspecified atom stereocenters. The second kappa shape index (κ2) is 7.94. The van der Waals surface area contributed by atoms with Crippen molar-refractivity contribution in [2.75, 3.05) is 5.75 Å². The molecule has 0 aromatic heterocycles. The van der Waals surface area contributed by atoms with E-state index >= 15 is 0 Å². The van der Waals surface area contributed by atoms with Gasteiger partial charge in [-0.2, -0.15) is 0 Å². The number of rotatable bonds is 5. The fourth-order valence-corrected chi connectivity index (χ4v) is 6.37. The second-order valence-corrected chi connectivity index (χ2v) is 10.1. The predicted octanol–water partition coefficient (Wildman–Crippen LogP) is 4.96. The Hall–Kier alpha value is -1.37. The number of hydrogen-bond acceptors (Lipinski definition) is 4. The normalized spacial score (nSPS) is 24.2. The molecule has 0 fully saturated rings. The second-order valence-electron chi connectivity index (χ2n) is 7.33. The largest absolute Gasteiger partial charge is 0.507 e. The molecule has 0 saturated heterocycles. The highest BCUT2D eigenvalue weighted by atomic mass is 79.9. The first-order valence-electron chi connectivity index (χ1n) is 9.40. The monoisotopic (exact) mass is 451 g/mol. The lowest BCUT2D eigenvalue weighted by Gasteiger charge is -2.36. The van der Waals surface area contributed by atoms with E-state index in [1.54, 1.807) is 6.07 Å². The van der Waals surface area contributed by atoms with Crippen LogP contribution in [0.1, 0.15) is 56.7 Å². The van der Waals surface area contributed by atoms with Gasteiger partial charge in [0.1, 0.15) is 5.75 Å². The maximum Gasteiger partial charge on any atom is 0.180 e. The molecule has 2 atom stereocenters. The van der Waals surface area contributed by atoms with Gasteiger partial charge in [-0.15, -0.1) is 0 Å². The summed E-state index contributed by atoms with van der Waals surface area (Å²) in [5.74, 6) is -0.0184. The SMILES string of the molecule is CCCCC1(CC)CS(=O)(=O)c2cc(O)c(Br)cc2C(c2ccccc2)N1. The summed E-state index contributed by atoms with van der Waals surface area (Å²) in [6.07, 6.45) is 3.49. The van der Waals surface area contributed by atoms with E-state index in [9.17, 15) is 13.5 Å². The molecule has 2 aromatic rings. The van der Waals surface area contributed by atoms with Gasteiger partial charge in [-0.25, -0.2) is 8.42 Å². The summed E-state index contributed by atoms with van der Waals surface area (Å²) in [6, 6.07) is 12.8. The molecule has 0 spiro atoms. The maximum absolute atomic E-state index is 13.3. The van der Waals surface area contributed by atoms with Crippen LogP contribution in [0.25, 0.3) is 0 Å². The summed E-state index contributed by atoms with van der Waals surface area (Å²) in [5, 5.41) is 13.9. The van der Waals surface area contributed by atoms with Crippen molar-refractivity contribution in [1.29, 1.82) is 0 Å². The Labute approximate surface area is 170 Å². The Morgan fingerprint density at radius 1 is 1.22 bits per heavy atom. The first-order valence-corrected chi connectivity index (χ1v) is 11.8. The quantitative estimate of drug-likeness (QED) is 0.673. The minimum Gasteiger partial charge on any atom is -0.507 e. The van der Waals surface area contributed by atoms with Gasteiger partial charge in [-0.3, -0.25) is 5.32 Å². The van der Waals surface area contributed by atoms with Crippen LogP contribution in [0, 0.1) is 0 Å². The van der Waals surface area contributed by atoms with Crippen LogP contribution in [-0.2, 0) is 9.84 Å². The van der Waals surface area contributed by atoms with E-state index in [-0.39, 0.29) is 22.4 Å². The van der Waals surface area contributed by atoms with Crippen LogP contribution >= 0.6 is 15.9 Å². The van der Waals surface area contributed by atoms with Crippen molar-refractivity contribution in [2.45, 2.75) is 56.0 Å². The van der Waals surface area contributed by atoms with Gasteiger partial charge < -0.3 is 5.11 Å². The first kappa shape index (κ1) is 20.4. The highest BCUT2D eigenvalue weighted by Crippen LogP contribution is 2.41.